The molecular formula is C22H23N3O3. The molecule has 6 nitrogen and oxygen atoms in total. The molecule has 0 bridgehead atoms. The summed E-state index contributed by atoms with van der Waals surface area (Å²) in [5.74, 6) is 0.888. The number of anilines is 2. The van der Waals surface area contributed by atoms with Crippen LogP contribution in [0.15, 0.2) is 72.9 Å². The highest BCUT2D eigenvalue weighted by molar-refractivity contribution is 5.99. The van der Waals surface area contributed by atoms with Gasteiger partial charge in [0.25, 0.3) is 5.91 Å². The standard InChI is InChI=1S/C22H23N3O3/c1-28-20-12-6-5-11-19(20)24-21-18(10-7-13-23-21)22(27)25(14-15-26)16-17-8-3-2-4-9-17/h2-13,26H,14-16H2,1H3,(H,23,24). The van der Waals surface area contributed by atoms with Gasteiger partial charge in [-0.1, -0.05) is 42.5 Å². The molecule has 0 atom stereocenters. The Bertz CT molecular complexity index is 916. The lowest BCUT2D eigenvalue weighted by Gasteiger charge is -2.23. The average Bonchev–Trinajstić information content (AvgIpc) is 2.74. The summed E-state index contributed by atoms with van der Waals surface area (Å²) in [5, 5.41) is 12.6. The summed E-state index contributed by atoms with van der Waals surface area (Å²) in [7, 11) is 1.59. The quantitative estimate of drug-likeness (QED) is 0.629. The molecule has 0 fully saturated rings. The Morgan fingerprint density at radius 2 is 1.82 bits per heavy atom. The lowest BCUT2D eigenvalue weighted by Crippen LogP contribution is -2.33. The zero-order valence-corrected chi connectivity index (χ0v) is 15.7. The lowest BCUT2D eigenvalue weighted by atomic mass is 10.1. The molecule has 2 N–H and O–H groups in total. The topological polar surface area (TPSA) is 74.7 Å². The van der Waals surface area contributed by atoms with Gasteiger partial charge in [0.1, 0.15) is 11.6 Å². The summed E-state index contributed by atoms with van der Waals surface area (Å²) in [6.07, 6.45) is 1.63. The number of amides is 1. The molecule has 0 aliphatic carbocycles. The molecule has 144 valence electrons. The molecule has 1 amide bonds. The van der Waals surface area contributed by atoms with Crippen LogP contribution in [-0.2, 0) is 6.54 Å². The van der Waals surface area contributed by atoms with Gasteiger partial charge in [0.05, 0.1) is 25.0 Å². The second-order valence-electron chi connectivity index (χ2n) is 6.16. The zero-order valence-electron chi connectivity index (χ0n) is 15.7. The molecule has 3 rings (SSSR count). The summed E-state index contributed by atoms with van der Waals surface area (Å²) in [6, 6.07) is 20.6. The Balaban J connectivity index is 1.88. The van der Waals surface area contributed by atoms with Gasteiger partial charge in [-0.05, 0) is 29.8 Å². The smallest absolute Gasteiger partial charge is 0.257 e. The SMILES string of the molecule is COc1ccccc1Nc1ncccc1C(=O)N(CCO)Cc1ccccc1. The van der Waals surface area contributed by atoms with Crippen LogP contribution < -0.4 is 10.1 Å². The number of aromatic nitrogens is 1. The molecule has 0 unspecified atom stereocenters. The molecule has 0 spiro atoms. The molecule has 3 aromatic rings. The number of methoxy groups -OCH3 is 1. The number of rotatable bonds is 8. The van der Waals surface area contributed by atoms with Crippen molar-refractivity contribution in [3.63, 3.8) is 0 Å². The van der Waals surface area contributed by atoms with Crippen LogP contribution in [0.3, 0.4) is 0 Å². The normalized spacial score (nSPS) is 10.4. The van der Waals surface area contributed by atoms with Crippen molar-refractivity contribution in [1.29, 1.82) is 0 Å². The number of para-hydroxylation sites is 2. The summed E-state index contributed by atoms with van der Waals surface area (Å²) < 4.78 is 5.36. The van der Waals surface area contributed by atoms with Crippen molar-refractivity contribution in [1.82, 2.24) is 9.88 Å². The Morgan fingerprint density at radius 3 is 2.57 bits per heavy atom. The fourth-order valence-corrected chi connectivity index (χ4v) is 2.90. The van der Waals surface area contributed by atoms with E-state index in [1.54, 1.807) is 30.3 Å². The van der Waals surface area contributed by atoms with E-state index in [4.69, 9.17) is 4.74 Å². The highest BCUT2D eigenvalue weighted by Crippen LogP contribution is 2.28. The number of carbonyl (C=O) groups is 1. The molecular weight excluding hydrogens is 354 g/mol. The second kappa shape index (κ2) is 9.53. The van der Waals surface area contributed by atoms with Crippen LogP contribution in [0.2, 0.25) is 0 Å². The lowest BCUT2D eigenvalue weighted by molar-refractivity contribution is 0.0708. The highest BCUT2D eigenvalue weighted by atomic mass is 16.5. The van der Waals surface area contributed by atoms with Crippen molar-refractivity contribution in [2.45, 2.75) is 6.54 Å². The summed E-state index contributed by atoms with van der Waals surface area (Å²) in [6.45, 7) is 0.522. The fraction of sp³-hybridized carbons (Fsp3) is 0.182. The average molecular weight is 377 g/mol. The van der Waals surface area contributed by atoms with E-state index in [1.807, 2.05) is 54.6 Å². The number of hydrogen-bond donors (Lipinski definition) is 2. The van der Waals surface area contributed by atoms with E-state index in [1.165, 1.54) is 0 Å². The van der Waals surface area contributed by atoms with Crippen molar-refractivity contribution < 1.29 is 14.6 Å². The third kappa shape index (κ3) is 4.66. The molecule has 0 radical (unpaired) electrons. The van der Waals surface area contributed by atoms with Crippen LogP contribution in [-0.4, -0.2) is 41.2 Å². The van der Waals surface area contributed by atoms with Gasteiger partial charge < -0.3 is 20.1 Å². The zero-order chi connectivity index (χ0) is 19.8. The minimum atomic E-state index is -0.205. The van der Waals surface area contributed by atoms with Gasteiger partial charge in [0.15, 0.2) is 0 Å². The first kappa shape index (κ1) is 19.4. The molecule has 0 aliphatic rings. The second-order valence-corrected chi connectivity index (χ2v) is 6.16. The maximum Gasteiger partial charge on any atom is 0.257 e. The van der Waals surface area contributed by atoms with Crippen molar-refractivity contribution >= 4 is 17.4 Å². The van der Waals surface area contributed by atoms with E-state index >= 15 is 0 Å². The number of aliphatic hydroxyl groups excluding tert-OH is 1. The predicted molar refractivity (Wildman–Crippen MR) is 109 cm³/mol. The number of carbonyl (C=O) groups excluding carboxylic acids is 1. The Kier molecular flexibility index (Phi) is 6.59. The van der Waals surface area contributed by atoms with Gasteiger partial charge in [0, 0.05) is 19.3 Å². The maximum absolute atomic E-state index is 13.2. The Morgan fingerprint density at radius 1 is 1.07 bits per heavy atom. The van der Waals surface area contributed by atoms with Crippen LogP contribution in [0.4, 0.5) is 11.5 Å². The summed E-state index contributed by atoms with van der Waals surface area (Å²) in [5.41, 5.74) is 2.14. The molecule has 0 aliphatic heterocycles. The third-order valence-electron chi connectivity index (χ3n) is 4.27. The van der Waals surface area contributed by atoms with E-state index < -0.39 is 0 Å². The predicted octanol–water partition coefficient (Wildman–Crippen LogP) is 3.47. The van der Waals surface area contributed by atoms with Crippen LogP contribution in [0.1, 0.15) is 15.9 Å². The summed E-state index contributed by atoms with van der Waals surface area (Å²) >= 11 is 0. The number of benzene rings is 2. The van der Waals surface area contributed by atoms with Gasteiger partial charge in [-0.2, -0.15) is 0 Å². The number of ether oxygens (including phenoxy) is 1. The minimum Gasteiger partial charge on any atom is -0.495 e. The van der Waals surface area contributed by atoms with Crippen molar-refractivity contribution in [2.75, 3.05) is 25.6 Å². The molecule has 2 aromatic carbocycles. The van der Waals surface area contributed by atoms with Crippen molar-refractivity contribution in [3.05, 3.63) is 84.1 Å². The highest BCUT2D eigenvalue weighted by Gasteiger charge is 2.20. The molecule has 28 heavy (non-hydrogen) atoms. The largest absolute Gasteiger partial charge is 0.495 e. The Labute approximate surface area is 164 Å². The first-order chi connectivity index (χ1) is 13.7. The van der Waals surface area contributed by atoms with Gasteiger partial charge >= 0.3 is 0 Å². The van der Waals surface area contributed by atoms with E-state index in [0.29, 0.717) is 23.7 Å². The number of pyridine rings is 1. The molecule has 6 heteroatoms. The molecule has 1 aromatic heterocycles. The molecule has 0 saturated heterocycles. The molecule has 1 heterocycles. The number of nitrogens with one attached hydrogen (secondary N) is 1. The van der Waals surface area contributed by atoms with Crippen LogP contribution in [0.5, 0.6) is 5.75 Å². The summed E-state index contributed by atoms with van der Waals surface area (Å²) in [4.78, 5) is 19.2. The maximum atomic E-state index is 13.2. The van der Waals surface area contributed by atoms with Crippen molar-refractivity contribution in [3.8, 4) is 5.75 Å². The monoisotopic (exact) mass is 377 g/mol. The van der Waals surface area contributed by atoms with E-state index in [9.17, 15) is 9.90 Å². The third-order valence-corrected chi connectivity index (χ3v) is 4.27. The number of aliphatic hydroxyl groups is 1. The first-order valence-electron chi connectivity index (χ1n) is 9.02. The van der Waals surface area contributed by atoms with Gasteiger partial charge in [-0.15, -0.1) is 0 Å². The first-order valence-corrected chi connectivity index (χ1v) is 9.02. The van der Waals surface area contributed by atoms with Gasteiger partial charge in [0.2, 0.25) is 0 Å². The fourth-order valence-electron chi connectivity index (χ4n) is 2.90. The van der Waals surface area contributed by atoms with E-state index in [-0.39, 0.29) is 19.1 Å². The minimum absolute atomic E-state index is 0.117. The van der Waals surface area contributed by atoms with Crippen LogP contribution in [0, 0.1) is 0 Å². The van der Waals surface area contributed by atoms with Crippen LogP contribution >= 0.6 is 0 Å². The van der Waals surface area contributed by atoms with Crippen LogP contribution in [0.25, 0.3) is 0 Å². The van der Waals surface area contributed by atoms with Gasteiger partial charge in [-0.25, -0.2) is 4.98 Å². The van der Waals surface area contributed by atoms with Gasteiger partial charge in [-0.3, -0.25) is 4.79 Å². The van der Waals surface area contributed by atoms with E-state index in [0.717, 1.165) is 11.3 Å². The number of hydrogen-bond acceptors (Lipinski definition) is 5. The van der Waals surface area contributed by atoms with E-state index in [2.05, 4.69) is 10.3 Å². The van der Waals surface area contributed by atoms with Crippen molar-refractivity contribution in [2.24, 2.45) is 0 Å². The number of nitrogens with zero attached hydrogens (tertiary/aromatic N) is 2. The Hall–Kier alpha value is -3.38. The molecule has 0 saturated carbocycles.